The summed E-state index contributed by atoms with van der Waals surface area (Å²) in [4.78, 5) is 0. The molecule has 1 aliphatic heterocycles. The summed E-state index contributed by atoms with van der Waals surface area (Å²) in [5, 5.41) is 3.44. The second-order valence-corrected chi connectivity index (χ2v) is 4.40. The van der Waals surface area contributed by atoms with Crippen LogP contribution in [0.4, 0.5) is 0 Å². The highest BCUT2D eigenvalue weighted by atomic mass is 16.5. The van der Waals surface area contributed by atoms with Crippen LogP contribution in [0.3, 0.4) is 0 Å². The van der Waals surface area contributed by atoms with Gasteiger partial charge in [0.15, 0.2) is 0 Å². The molecule has 3 atom stereocenters. The summed E-state index contributed by atoms with van der Waals surface area (Å²) >= 11 is 0. The fourth-order valence-corrected chi connectivity index (χ4v) is 1.92. The van der Waals surface area contributed by atoms with Gasteiger partial charge in [0.1, 0.15) is 0 Å². The molecule has 0 amide bonds. The zero-order valence-electron chi connectivity index (χ0n) is 9.47. The Labute approximate surface area is 87.4 Å². The van der Waals surface area contributed by atoms with Crippen molar-refractivity contribution in [3.05, 3.63) is 0 Å². The zero-order chi connectivity index (χ0) is 10.6. The van der Waals surface area contributed by atoms with Gasteiger partial charge in [-0.15, -0.1) is 6.42 Å². The van der Waals surface area contributed by atoms with Gasteiger partial charge in [-0.05, 0) is 33.1 Å². The minimum absolute atomic E-state index is 0.0459. The Morgan fingerprint density at radius 3 is 3.00 bits per heavy atom. The molecule has 1 heterocycles. The standard InChI is InChI=1S/C12H21NO/c1-5-10(3)13-11-7-8-14-12(4,6-2)9-11/h1,10-11,13H,6-9H2,2-4H3. The van der Waals surface area contributed by atoms with Gasteiger partial charge in [0.25, 0.3) is 0 Å². The summed E-state index contributed by atoms with van der Waals surface area (Å²) in [5.41, 5.74) is 0.0459. The number of hydrogen-bond acceptors (Lipinski definition) is 2. The summed E-state index contributed by atoms with van der Waals surface area (Å²) < 4.78 is 5.77. The van der Waals surface area contributed by atoms with E-state index in [1.807, 2.05) is 6.92 Å². The first-order valence-corrected chi connectivity index (χ1v) is 5.46. The van der Waals surface area contributed by atoms with Gasteiger partial charge in [0.2, 0.25) is 0 Å². The van der Waals surface area contributed by atoms with E-state index in [-0.39, 0.29) is 11.6 Å². The predicted molar refractivity (Wildman–Crippen MR) is 59.1 cm³/mol. The lowest BCUT2D eigenvalue weighted by Gasteiger charge is -2.38. The number of ether oxygens (including phenoxy) is 1. The molecule has 1 aliphatic rings. The van der Waals surface area contributed by atoms with Crippen molar-refractivity contribution < 1.29 is 4.74 Å². The molecule has 0 spiro atoms. The molecule has 1 N–H and O–H groups in total. The van der Waals surface area contributed by atoms with Gasteiger partial charge in [-0.2, -0.15) is 0 Å². The molecule has 0 radical (unpaired) electrons. The lowest BCUT2D eigenvalue weighted by Crippen LogP contribution is -2.47. The van der Waals surface area contributed by atoms with Crippen LogP contribution in [0, 0.1) is 12.3 Å². The molecule has 1 fully saturated rings. The third-order valence-electron chi connectivity index (χ3n) is 3.08. The normalized spacial score (nSPS) is 34.9. The third kappa shape index (κ3) is 3.01. The maximum atomic E-state index is 5.77. The fourth-order valence-electron chi connectivity index (χ4n) is 1.92. The first-order valence-electron chi connectivity index (χ1n) is 5.46. The molecule has 2 heteroatoms. The van der Waals surface area contributed by atoms with E-state index in [1.54, 1.807) is 0 Å². The van der Waals surface area contributed by atoms with E-state index in [0.29, 0.717) is 6.04 Å². The summed E-state index contributed by atoms with van der Waals surface area (Å²) in [5.74, 6) is 2.71. The Bertz CT molecular complexity index is 221. The molecule has 1 rings (SSSR count). The molecule has 2 nitrogen and oxygen atoms in total. The Morgan fingerprint density at radius 1 is 1.71 bits per heavy atom. The topological polar surface area (TPSA) is 21.3 Å². The Kier molecular flexibility index (Phi) is 3.97. The molecule has 0 bridgehead atoms. The van der Waals surface area contributed by atoms with Crippen molar-refractivity contribution in [3.8, 4) is 12.3 Å². The Morgan fingerprint density at radius 2 is 2.43 bits per heavy atom. The Balaban J connectivity index is 2.45. The van der Waals surface area contributed by atoms with E-state index in [4.69, 9.17) is 11.2 Å². The highest BCUT2D eigenvalue weighted by molar-refractivity contribution is 4.98. The van der Waals surface area contributed by atoms with Crippen LogP contribution in [0.25, 0.3) is 0 Å². The highest BCUT2D eigenvalue weighted by Crippen LogP contribution is 2.27. The lowest BCUT2D eigenvalue weighted by atomic mass is 9.89. The molecule has 3 unspecified atom stereocenters. The van der Waals surface area contributed by atoms with Crippen molar-refractivity contribution in [3.63, 3.8) is 0 Å². The minimum atomic E-state index is 0.0459. The molecule has 14 heavy (non-hydrogen) atoms. The minimum Gasteiger partial charge on any atom is -0.375 e. The van der Waals surface area contributed by atoms with Gasteiger partial charge in [0, 0.05) is 12.6 Å². The molecule has 1 saturated heterocycles. The van der Waals surface area contributed by atoms with E-state index in [9.17, 15) is 0 Å². The van der Waals surface area contributed by atoms with Gasteiger partial charge >= 0.3 is 0 Å². The fraction of sp³-hybridized carbons (Fsp3) is 0.833. The number of hydrogen-bond donors (Lipinski definition) is 1. The first kappa shape index (κ1) is 11.6. The van der Waals surface area contributed by atoms with E-state index < -0.39 is 0 Å². The van der Waals surface area contributed by atoms with Crippen LogP contribution in [0.5, 0.6) is 0 Å². The van der Waals surface area contributed by atoms with Gasteiger partial charge in [-0.3, -0.25) is 0 Å². The van der Waals surface area contributed by atoms with Crippen molar-refractivity contribution in [2.75, 3.05) is 6.61 Å². The second kappa shape index (κ2) is 4.82. The van der Waals surface area contributed by atoms with Crippen LogP contribution in [0.1, 0.15) is 40.0 Å². The van der Waals surface area contributed by atoms with Crippen LogP contribution < -0.4 is 5.32 Å². The SMILES string of the molecule is C#CC(C)NC1CCOC(C)(CC)C1. The molecule has 0 aromatic carbocycles. The molecule has 0 aromatic heterocycles. The second-order valence-electron chi connectivity index (χ2n) is 4.40. The van der Waals surface area contributed by atoms with Gasteiger partial charge < -0.3 is 10.1 Å². The largest absolute Gasteiger partial charge is 0.375 e. The summed E-state index contributed by atoms with van der Waals surface area (Å²) in [7, 11) is 0. The van der Waals surface area contributed by atoms with Gasteiger partial charge in [-0.1, -0.05) is 12.8 Å². The Hall–Kier alpha value is -0.520. The number of terminal acetylenes is 1. The molecule has 0 saturated carbocycles. The molecule has 80 valence electrons. The lowest BCUT2D eigenvalue weighted by molar-refractivity contribution is -0.0783. The van der Waals surface area contributed by atoms with Gasteiger partial charge in [0.05, 0.1) is 11.6 Å². The van der Waals surface area contributed by atoms with Crippen LogP contribution >= 0.6 is 0 Å². The van der Waals surface area contributed by atoms with Crippen LogP contribution in [0.15, 0.2) is 0 Å². The van der Waals surface area contributed by atoms with Crippen molar-refractivity contribution in [1.82, 2.24) is 5.32 Å². The van der Waals surface area contributed by atoms with Crippen LogP contribution in [-0.4, -0.2) is 24.3 Å². The molecule has 0 aliphatic carbocycles. The predicted octanol–water partition coefficient (Wildman–Crippen LogP) is 1.95. The van der Waals surface area contributed by atoms with Crippen LogP contribution in [-0.2, 0) is 4.74 Å². The van der Waals surface area contributed by atoms with Crippen molar-refractivity contribution in [1.29, 1.82) is 0 Å². The quantitative estimate of drug-likeness (QED) is 0.695. The smallest absolute Gasteiger partial charge is 0.0666 e. The highest BCUT2D eigenvalue weighted by Gasteiger charge is 2.31. The van der Waals surface area contributed by atoms with E-state index in [2.05, 4.69) is 25.1 Å². The molecular formula is C12H21NO. The summed E-state index contributed by atoms with van der Waals surface area (Å²) in [6.45, 7) is 7.23. The summed E-state index contributed by atoms with van der Waals surface area (Å²) in [6.07, 6.45) is 8.55. The van der Waals surface area contributed by atoms with Crippen molar-refractivity contribution >= 4 is 0 Å². The number of rotatable bonds is 3. The van der Waals surface area contributed by atoms with E-state index >= 15 is 0 Å². The summed E-state index contributed by atoms with van der Waals surface area (Å²) in [6, 6.07) is 0.680. The van der Waals surface area contributed by atoms with Crippen molar-refractivity contribution in [2.24, 2.45) is 0 Å². The zero-order valence-corrected chi connectivity index (χ0v) is 9.47. The third-order valence-corrected chi connectivity index (χ3v) is 3.08. The van der Waals surface area contributed by atoms with Gasteiger partial charge in [-0.25, -0.2) is 0 Å². The molecular weight excluding hydrogens is 174 g/mol. The molecule has 0 aromatic rings. The van der Waals surface area contributed by atoms with Crippen LogP contribution in [0.2, 0.25) is 0 Å². The average Bonchev–Trinajstić information content (AvgIpc) is 2.18. The monoisotopic (exact) mass is 195 g/mol. The first-order chi connectivity index (χ1) is 6.59. The average molecular weight is 195 g/mol. The van der Waals surface area contributed by atoms with Crippen molar-refractivity contribution in [2.45, 2.75) is 57.7 Å². The number of nitrogens with one attached hydrogen (secondary N) is 1. The van der Waals surface area contributed by atoms with E-state index in [0.717, 1.165) is 25.9 Å². The maximum absolute atomic E-state index is 5.77. The van der Waals surface area contributed by atoms with E-state index in [1.165, 1.54) is 0 Å². The maximum Gasteiger partial charge on any atom is 0.0666 e.